The minimum atomic E-state index is -2.64. The maximum absolute atomic E-state index is 12.6. The van der Waals surface area contributed by atoms with Gasteiger partial charge in [0.25, 0.3) is 5.66 Å². The Labute approximate surface area is 108 Å². The lowest BCUT2D eigenvalue weighted by Gasteiger charge is -2.18. The number of alkyl halides is 2. The zero-order valence-corrected chi connectivity index (χ0v) is 11.7. The highest BCUT2D eigenvalue weighted by atomic mass is 35.5. The molecule has 0 aliphatic carbocycles. The van der Waals surface area contributed by atoms with Crippen molar-refractivity contribution in [3.05, 3.63) is 34.9 Å². The van der Waals surface area contributed by atoms with E-state index in [1.54, 1.807) is 9.24 Å². The monoisotopic (exact) mass is 279 g/mol. The number of rotatable bonds is 6. The van der Waals surface area contributed by atoms with E-state index in [4.69, 9.17) is 11.6 Å². The van der Waals surface area contributed by atoms with Gasteiger partial charge in [-0.1, -0.05) is 33.0 Å². The Kier molecular flexibility index (Phi) is 5.78. The highest BCUT2D eigenvalue weighted by Crippen LogP contribution is 2.27. The first-order valence-electron chi connectivity index (χ1n) is 5.46. The Balaban J connectivity index is 2.30. The molecule has 0 aromatic heterocycles. The van der Waals surface area contributed by atoms with Gasteiger partial charge in [0.05, 0.1) is 0 Å². The number of nitrogens with zero attached hydrogens (tertiary/aromatic N) is 1. The third-order valence-electron chi connectivity index (χ3n) is 2.42. The van der Waals surface area contributed by atoms with Crippen LogP contribution in [0.4, 0.5) is 8.78 Å². The van der Waals surface area contributed by atoms with Gasteiger partial charge < -0.3 is 4.90 Å². The molecule has 0 fully saturated rings. The lowest BCUT2D eigenvalue weighted by molar-refractivity contribution is 0.0879. The first-order chi connectivity index (χ1) is 7.87. The van der Waals surface area contributed by atoms with Crippen molar-refractivity contribution in [1.29, 1.82) is 0 Å². The lowest BCUT2D eigenvalue weighted by atomic mass is 10.2. The molecule has 0 spiro atoms. The van der Waals surface area contributed by atoms with Crippen molar-refractivity contribution >= 4 is 20.8 Å². The fourth-order valence-corrected chi connectivity index (χ4v) is 1.90. The molecule has 1 aromatic carbocycles. The predicted octanol–water partition coefficient (Wildman–Crippen LogP) is 4.02. The molecule has 0 radical (unpaired) electrons. The first-order valence-corrected chi connectivity index (χ1v) is 6.42. The van der Waals surface area contributed by atoms with Gasteiger partial charge in [0.15, 0.2) is 0 Å². The van der Waals surface area contributed by atoms with Crippen molar-refractivity contribution in [3.8, 4) is 0 Å². The smallest absolute Gasteiger partial charge is 0.259 e. The molecular formula is C12H17ClF2NP. The molecule has 1 rings (SSSR count). The van der Waals surface area contributed by atoms with E-state index in [9.17, 15) is 8.78 Å². The number of hydrogen-bond donors (Lipinski definition) is 0. The van der Waals surface area contributed by atoms with E-state index in [1.165, 1.54) is 0 Å². The van der Waals surface area contributed by atoms with Crippen LogP contribution in [0.3, 0.4) is 0 Å². The quantitative estimate of drug-likeness (QED) is 0.711. The minimum Gasteiger partial charge on any atom is -0.302 e. The SMILES string of the molecule is CN(CCCC(F)(F)P)Cc1ccc(Cl)cc1. The van der Waals surface area contributed by atoms with Crippen LogP contribution in [-0.2, 0) is 6.54 Å². The van der Waals surface area contributed by atoms with Crippen molar-refractivity contribution in [3.63, 3.8) is 0 Å². The molecule has 1 aromatic rings. The Morgan fingerprint density at radius 1 is 1.29 bits per heavy atom. The average molecular weight is 280 g/mol. The molecule has 0 bridgehead atoms. The van der Waals surface area contributed by atoms with E-state index in [-0.39, 0.29) is 6.42 Å². The summed E-state index contributed by atoms with van der Waals surface area (Å²) in [6.07, 6.45) is 0.392. The molecule has 96 valence electrons. The van der Waals surface area contributed by atoms with Gasteiger partial charge in [0.2, 0.25) is 0 Å². The molecule has 17 heavy (non-hydrogen) atoms. The zero-order chi connectivity index (χ0) is 12.9. The molecule has 5 heteroatoms. The van der Waals surface area contributed by atoms with Crippen molar-refractivity contribution in [2.45, 2.75) is 25.1 Å². The average Bonchev–Trinajstić information content (AvgIpc) is 2.19. The highest BCUT2D eigenvalue weighted by Gasteiger charge is 2.20. The van der Waals surface area contributed by atoms with Gasteiger partial charge in [-0.15, -0.1) is 0 Å². The fourth-order valence-electron chi connectivity index (χ4n) is 1.57. The summed E-state index contributed by atoms with van der Waals surface area (Å²) in [6, 6.07) is 7.56. The Morgan fingerprint density at radius 3 is 2.41 bits per heavy atom. The molecule has 0 amide bonds. The normalized spacial score (nSPS) is 12.1. The second-order valence-electron chi connectivity index (χ2n) is 4.23. The summed E-state index contributed by atoms with van der Waals surface area (Å²) in [6.45, 7) is 1.41. The van der Waals surface area contributed by atoms with Gasteiger partial charge in [0, 0.05) is 18.0 Å². The number of hydrogen-bond acceptors (Lipinski definition) is 1. The summed E-state index contributed by atoms with van der Waals surface area (Å²) in [5.41, 5.74) is -1.50. The largest absolute Gasteiger partial charge is 0.302 e. The molecule has 0 aliphatic heterocycles. The standard InChI is InChI=1S/C12H17ClF2NP/c1-16(8-2-7-12(14,15)17)9-10-3-5-11(13)6-4-10/h3-6H,2,7-9,17H2,1H3. The van der Waals surface area contributed by atoms with Crippen LogP contribution in [0.2, 0.25) is 5.02 Å². The maximum atomic E-state index is 12.6. The van der Waals surface area contributed by atoms with Crippen LogP contribution in [0.1, 0.15) is 18.4 Å². The summed E-state index contributed by atoms with van der Waals surface area (Å²) in [4.78, 5) is 2.03. The van der Waals surface area contributed by atoms with E-state index < -0.39 is 5.66 Å². The van der Waals surface area contributed by atoms with Crippen molar-refractivity contribution in [2.75, 3.05) is 13.6 Å². The van der Waals surface area contributed by atoms with Crippen molar-refractivity contribution in [2.24, 2.45) is 0 Å². The van der Waals surface area contributed by atoms with Crippen molar-refractivity contribution in [1.82, 2.24) is 4.90 Å². The van der Waals surface area contributed by atoms with Crippen LogP contribution in [-0.4, -0.2) is 24.2 Å². The van der Waals surface area contributed by atoms with E-state index in [0.717, 1.165) is 12.1 Å². The maximum Gasteiger partial charge on any atom is 0.259 e. The van der Waals surface area contributed by atoms with Crippen LogP contribution < -0.4 is 0 Å². The van der Waals surface area contributed by atoms with Gasteiger partial charge in [-0.25, -0.2) is 8.78 Å². The summed E-state index contributed by atoms with van der Waals surface area (Å²) in [5, 5.41) is 0.707. The Morgan fingerprint density at radius 2 is 1.88 bits per heavy atom. The topological polar surface area (TPSA) is 3.24 Å². The van der Waals surface area contributed by atoms with Crippen LogP contribution >= 0.6 is 20.8 Å². The number of benzene rings is 1. The Hall–Kier alpha value is -0.240. The Bertz CT molecular complexity index is 337. The van der Waals surface area contributed by atoms with E-state index in [1.807, 2.05) is 36.2 Å². The third kappa shape index (κ3) is 6.92. The van der Waals surface area contributed by atoms with Crippen LogP contribution in [0.25, 0.3) is 0 Å². The summed E-state index contributed by atoms with van der Waals surface area (Å²) in [5.74, 6) is 0. The summed E-state index contributed by atoms with van der Waals surface area (Å²) in [7, 11) is 3.50. The molecule has 0 saturated carbocycles. The molecule has 1 unspecified atom stereocenters. The summed E-state index contributed by atoms with van der Waals surface area (Å²) >= 11 is 5.78. The molecular weight excluding hydrogens is 263 g/mol. The predicted molar refractivity (Wildman–Crippen MR) is 71.7 cm³/mol. The first kappa shape index (κ1) is 14.8. The molecule has 0 N–H and O–H groups in total. The second-order valence-corrected chi connectivity index (χ2v) is 5.51. The molecule has 1 nitrogen and oxygen atoms in total. The van der Waals surface area contributed by atoms with Gasteiger partial charge in [-0.3, -0.25) is 0 Å². The second kappa shape index (κ2) is 6.63. The summed E-state index contributed by atoms with van der Waals surface area (Å²) < 4.78 is 25.1. The van der Waals surface area contributed by atoms with Crippen LogP contribution in [0.15, 0.2) is 24.3 Å². The van der Waals surface area contributed by atoms with Gasteiger partial charge in [0.1, 0.15) is 0 Å². The lowest BCUT2D eigenvalue weighted by Crippen LogP contribution is -2.20. The molecule has 0 heterocycles. The van der Waals surface area contributed by atoms with Crippen molar-refractivity contribution < 1.29 is 8.78 Å². The molecule has 0 saturated heterocycles. The highest BCUT2D eigenvalue weighted by molar-refractivity contribution is 7.18. The van der Waals surface area contributed by atoms with E-state index >= 15 is 0 Å². The molecule has 1 atom stereocenters. The van der Waals surface area contributed by atoms with Gasteiger partial charge >= 0.3 is 0 Å². The van der Waals surface area contributed by atoms with E-state index in [0.29, 0.717) is 18.0 Å². The fraction of sp³-hybridized carbons (Fsp3) is 0.500. The van der Waals surface area contributed by atoms with Gasteiger partial charge in [-0.2, -0.15) is 0 Å². The van der Waals surface area contributed by atoms with Gasteiger partial charge in [-0.05, 0) is 37.7 Å². The van der Waals surface area contributed by atoms with E-state index in [2.05, 4.69) is 0 Å². The zero-order valence-electron chi connectivity index (χ0n) is 9.80. The third-order valence-corrected chi connectivity index (χ3v) is 2.96. The van der Waals surface area contributed by atoms with Crippen LogP contribution in [0, 0.1) is 0 Å². The molecule has 0 aliphatic rings. The number of halogens is 3. The van der Waals surface area contributed by atoms with Crippen LogP contribution in [0.5, 0.6) is 0 Å². The minimum absolute atomic E-state index is 0.0946.